The maximum atomic E-state index is 12.7. The molecule has 2 heterocycles. The molecule has 0 aromatic carbocycles. The normalized spacial score (nSPS) is 18.2. The number of hydrogen-bond donors (Lipinski definition) is 1. The highest BCUT2D eigenvalue weighted by atomic mass is 32.1. The summed E-state index contributed by atoms with van der Waals surface area (Å²) in [5.41, 5.74) is 1.02. The molecule has 1 amide bonds. The van der Waals surface area contributed by atoms with E-state index in [1.807, 2.05) is 17.9 Å². The monoisotopic (exact) mass is 307 g/mol. The largest absolute Gasteiger partial charge is 0.395 e. The highest BCUT2D eigenvalue weighted by molar-refractivity contribution is 7.14. The van der Waals surface area contributed by atoms with Gasteiger partial charge in [0.15, 0.2) is 0 Å². The maximum absolute atomic E-state index is 12.7. The molecule has 1 atom stereocenters. The number of thiophene rings is 1. The summed E-state index contributed by atoms with van der Waals surface area (Å²) in [5.74, 6) is 6.02. The van der Waals surface area contributed by atoms with E-state index in [0.29, 0.717) is 26.2 Å². The number of carbonyl (C=O) groups excluding carboxylic acids is 1. The van der Waals surface area contributed by atoms with Crippen molar-refractivity contribution >= 4 is 17.2 Å². The van der Waals surface area contributed by atoms with Crippen LogP contribution in [0.15, 0.2) is 6.07 Å². The zero-order valence-corrected chi connectivity index (χ0v) is 13.3. The molecule has 1 aliphatic rings. The first-order valence-corrected chi connectivity index (χ1v) is 8.07. The van der Waals surface area contributed by atoms with Gasteiger partial charge in [0.2, 0.25) is 0 Å². The number of aliphatic hydroxyl groups is 1. The van der Waals surface area contributed by atoms with Crippen molar-refractivity contribution in [1.82, 2.24) is 4.90 Å². The molecule has 0 bridgehead atoms. The Hall–Kier alpha value is -1.35. The Balaban J connectivity index is 2.16. The number of morpholine rings is 1. The minimum absolute atomic E-state index is 0.0647. The van der Waals surface area contributed by atoms with Gasteiger partial charge in [0, 0.05) is 13.0 Å². The minimum atomic E-state index is 0.0647. The van der Waals surface area contributed by atoms with Crippen LogP contribution in [0.4, 0.5) is 0 Å². The Kier molecular flexibility index (Phi) is 5.80. The number of rotatable bonds is 3. The van der Waals surface area contributed by atoms with Gasteiger partial charge in [0.05, 0.1) is 35.6 Å². The molecule has 0 radical (unpaired) electrons. The molecule has 0 aliphatic carbocycles. The fourth-order valence-electron chi connectivity index (χ4n) is 2.31. The predicted molar refractivity (Wildman–Crippen MR) is 83.6 cm³/mol. The van der Waals surface area contributed by atoms with Crippen molar-refractivity contribution in [3.05, 3.63) is 21.4 Å². The van der Waals surface area contributed by atoms with Crippen molar-refractivity contribution in [3.63, 3.8) is 0 Å². The Morgan fingerprint density at radius 2 is 2.43 bits per heavy atom. The van der Waals surface area contributed by atoms with E-state index >= 15 is 0 Å². The van der Waals surface area contributed by atoms with Gasteiger partial charge >= 0.3 is 0 Å². The van der Waals surface area contributed by atoms with Crippen molar-refractivity contribution in [3.8, 4) is 11.8 Å². The molecule has 21 heavy (non-hydrogen) atoms. The fraction of sp³-hybridized carbons (Fsp3) is 0.562. The van der Waals surface area contributed by atoms with Crippen LogP contribution in [-0.4, -0.2) is 48.3 Å². The number of hydrogen-bond acceptors (Lipinski definition) is 4. The lowest BCUT2D eigenvalue weighted by Gasteiger charge is -2.34. The van der Waals surface area contributed by atoms with E-state index < -0.39 is 0 Å². The molecular weight excluding hydrogens is 286 g/mol. The second kappa shape index (κ2) is 7.60. The summed E-state index contributed by atoms with van der Waals surface area (Å²) in [6, 6.07) is 2.08. The van der Waals surface area contributed by atoms with Gasteiger partial charge in [-0.15, -0.1) is 11.3 Å². The van der Waals surface area contributed by atoms with Crippen LogP contribution in [-0.2, 0) is 4.74 Å². The summed E-state index contributed by atoms with van der Waals surface area (Å²) < 4.78 is 5.45. The number of nitrogens with zero attached hydrogens (tertiary/aromatic N) is 1. The molecule has 1 unspecified atom stereocenters. The Morgan fingerprint density at radius 1 is 1.62 bits per heavy atom. The summed E-state index contributed by atoms with van der Waals surface area (Å²) in [4.78, 5) is 16.2. The lowest BCUT2D eigenvalue weighted by atomic mass is 10.1. The number of aliphatic hydroxyl groups excluding tert-OH is 1. The molecule has 0 saturated carbocycles. The third-order valence-electron chi connectivity index (χ3n) is 3.53. The predicted octanol–water partition coefficient (Wildman–Crippen LogP) is 2.04. The van der Waals surface area contributed by atoms with E-state index in [2.05, 4.69) is 18.8 Å². The summed E-state index contributed by atoms with van der Waals surface area (Å²) in [6.45, 7) is 5.98. The van der Waals surface area contributed by atoms with Crippen LogP contribution < -0.4 is 0 Å². The van der Waals surface area contributed by atoms with E-state index in [0.717, 1.165) is 21.7 Å². The Morgan fingerprint density at radius 3 is 3.14 bits per heavy atom. The molecule has 114 valence electrons. The average Bonchev–Trinajstić information content (AvgIpc) is 2.88. The van der Waals surface area contributed by atoms with Gasteiger partial charge in [-0.3, -0.25) is 4.79 Å². The summed E-state index contributed by atoms with van der Waals surface area (Å²) >= 11 is 1.44. The summed E-state index contributed by atoms with van der Waals surface area (Å²) in [7, 11) is 0. The molecule has 1 aromatic rings. The van der Waals surface area contributed by atoms with Gasteiger partial charge in [-0.05, 0) is 25.0 Å². The van der Waals surface area contributed by atoms with Crippen LogP contribution in [0.3, 0.4) is 0 Å². The minimum Gasteiger partial charge on any atom is -0.395 e. The van der Waals surface area contributed by atoms with Gasteiger partial charge in [0.1, 0.15) is 0 Å². The van der Waals surface area contributed by atoms with Gasteiger partial charge < -0.3 is 14.7 Å². The zero-order valence-electron chi connectivity index (χ0n) is 12.5. The highest BCUT2D eigenvalue weighted by Gasteiger charge is 2.27. The molecule has 1 saturated heterocycles. The van der Waals surface area contributed by atoms with E-state index in [1.165, 1.54) is 11.3 Å². The number of aryl methyl sites for hydroxylation is 1. The van der Waals surface area contributed by atoms with Crippen molar-refractivity contribution < 1.29 is 14.6 Å². The molecule has 1 aromatic heterocycles. The number of carbonyl (C=O) groups is 1. The second-order valence-electron chi connectivity index (χ2n) is 5.03. The lowest BCUT2D eigenvalue weighted by Crippen LogP contribution is -2.48. The standard InChI is InChI=1S/C16H21NO3S/c1-3-13-11-20-9-7-17(13)16(19)15-10-12(2)14(21-15)6-4-5-8-18/h10,13,18H,3,5,7-9,11H2,1-2H3. The van der Waals surface area contributed by atoms with Crippen molar-refractivity contribution in [2.45, 2.75) is 32.7 Å². The van der Waals surface area contributed by atoms with Crippen LogP contribution in [0, 0.1) is 18.8 Å². The molecule has 2 rings (SSSR count). The van der Waals surface area contributed by atoms with Gasteiger partial charge in [-0.2, -0.15) is 0 Å². The Labute approximate surface area is 129 Å². The van der Waals surface area contributed by atoms with Crippen LogP contribution in [0.2, 0.25) is 0 Å². The van der Waals surface area contributed by atoms with Crippen molar-refractivity contribution in [2.24, 2.45) is 0 Å². The lowest BCUT2D eigenvalue weighted by molar-refractivity contribution is -0.00253. The van der Waals surface area contributed by atoms with Crippen LogP contribution in [0.1, 0.15) is 39.9 Å². The molecular formula is C16H21NO3S. The number of amides is 1. The summed E-state index contributed by atoms with van der Waals surface area (Å²) in [6.07, 6.45) is 1.36. The van der Waals surface area contributed by atoms with Gasteiger partial charge in [0.25, 0.3) is 5.91 Å². The molecule has 1 fully saturated rings. The maximum Gasteiger partial charge on any atom is 0.264 e. The highest BCUT2D eigenvalue weighted by Crippen LogP contribution is 2.24. The first kappa shape index (κ1) is 16.0. The van der Waals surface area contributed by atoms with Gasteiger partial charge in [-0.25, -0.2) is 0 Å². The van der Waals surface area contributed by atoms with Crippen LogP contribution in [0.25, 0.3) is 0 Å². The summed E-state index contributed by atoms with van der Waals surface area (Å²) in [5, 5.41) is 8.76. The van der Waals surface area contributed by atoms with Gasteiger partial charge in [-0.1, -0.05) is 18.8 Å². The van der Waals surface area contributed by atoms with Crippen LogP contribution >= 0.6 is 11.3 Å². The average molecular weight is 307 g/mol. The Bertz CT molecular complexity index is 556. The molecule has 1 aliphatic heterocycles. The number of ether oxygens (including phenoxy) is 1. The third kappa shape index (κ3) is 3.85. The van der Waals surface area contributed by atoms with Crippen molar-refractivity contribution in [1.29, 1.82) is 0 Å². The topological polar surface area (TPSA) is 49.8 Å². The molecule has 1 N–H and O–H groups in total. The smallest absolute Gasteiger partial charge is 0.264 e. The van der Waals surface area contributed by atoms with Crippen molar-refractivity contribution in [2.75, 3.05) is 26.4 Å². The molecule has 4 nitrogen and oxygen atoms in total. The first-order valence-electron chi connectivity index (χ1n) is 7.26. The second-order valence-corrected chi connectivity index (χ2v) is 6.09. The molecule has 0 spiro atoms. The first-order chi connectivity index (χ1) is 10.2. The van der Waals surface area contributed by atoms with E-state index in [-0.39, 0.29) is 18.6 Å². The third-order valence-corrected chi connectivity index (χ3v) is 4.67. The SMILES string of the molecule is CCC1COCCN1C(=O)c1cc(C)c(C#CCCO)s1. The van der Waals surface area contributed by atoms with Crippen LogP contribution in [0.5, 0.6) is 0 Å². The van der Waals surface area contributed by atoms with E-state index in [1.54, 1.807) is 0 Å². The zero-order chi connectivity index (χ0) is 15.2. The quantitative estimate of drug-likeness (QED) is 0.870. The van der Waals surface area contributed by atoms with E-state index in [9.17, 15) is 4.79 Å². The van der Waals surface area contributed by atoms with E-state index in [4.69, 9.17) is 9.84 Å². The fourth-order valence-corrected chi connectivity index (χ4v) is 3.32. The molecule has 5 heteroatoms.